The molecule has 2 nitrogen and oxygen atoms in total. The van der Waals surface area contributed by atoms with Crippen LogP contribution in [0.15, 0.2) is 0 Å². The molecule has 2 heteroatoms. The molecule has 0 rings (SSSR count). The Morgan fingerprint density at radius 3 is 2.25 bits per heavy atom. The van der Waals surface area contributed by atoms with E-state index in [1.807, 2.05) is 6.92 Å². The fourth-order valence-corrected chi connectivity index (χ4v) is 0.269. The Kier molecular flexibility index (Phi) is 2.50. The zero-order chi connectivity index (χ0) is 6.62. The smallest absolute Gasteiger partial charge is 0.150 e. The summed E-state index contributed by atoms with van der Waals surface area (Å²) in [4.78, 5) is 0. The molecule has 0 radical (unpaired) electrons. The SMILES string of the molecule is CC[C@@](C)(C#N)OC. The Bertz CT molecular complexity index is 99.6. The van der Waals surface area contributed by atoms with E-state index in [2.05, 4.69) is 6.07 Å². The van der Waals surface area contributed by atoms with Crippen LogP contribution in [0, 0.1) is 11.3 Å². The predicted molar refractivity (Wildman–Crippen MR) is 31.3 cm³/mol. The van der Waals surface area contributed by atoms with Gasteiger partial charge >= 0.3 is 0 Å². The van der Waals surface area contributed by atoms with Gasteiger partial charge in [0.2, 0.25) is 0 Å². The van der Waals surface area contributed by atoms with Crippen LogP contribution in [-0.2, 0) is 4.74 Å². The van der Waals surface area contributed by atoms with E-state index in [9.17, 15) is 0 Å². The van der Waals surface area contributed by atoms with Crippen LogP contribution in [0.25, 0.3) is 0 Å². The largest absolute Gasteiger partial charge is 0.364 e. The lowest BCUT2D eigenvalue weighted by Crippen LogP contribution is -2.22. The third-order valence-corrected chi connectivity index (χ3v) is 1.36. The molecule has 8 heavy (non-hydrogen) atoms. The van der Waals surface area contributed by atoms with Crippen molar-refractivity contribution >= 4 is 0 Å². The summed E-state index contributed by atoms with van der Waals surface area (Å²) in [5, 5.41) is 8.41. The second kappa shape index (κ2) is 2.68. The first kappa shape index (κ1) is 7.45. The Hall–Kier alpha value is -0.550. The van der Waals surface area contributed by atoms with Crippen LogP contribution in [0.4, 0.5) is 0 Å². The van der Waals surface area contributed by atoms with Crippen LogP contribution in [0.3, 0.4) is 0 Å². The molecule has 0 saturated carbocycles. The van der Waals surface area contributed by atoms with Gasteiger partial charge in [0.15, 0.2) is 5.60 Å². The quantitative estimate of drug-likeness (QED) is 0.541. The summed E-state index contributed by atoms with van der Waals surface area (Å²) < 4.78 is 4.88. The van der Waals surface area contributed by atoms with Gasteiger partial charge in [-0.3, -0.25) is 0 Å². The molecule has 0 amide bonds. The van der Waals surface area contributed by atoms with Crippen molar-refractivity contribution in [2.45, 2.75) is 25.9 Å². The van der Waals surface area contributed by atoms with Gasteiger partial charge in [-0.1, -0.05) is 6.92 Å². The van der Waals surface area contributed by atoms with Crippen LogP contribution in [-0.4, -0.2) is 12.7 Å². The monoisotopic (exact) mass is 113 g/mol. The highest BCUT2D eigenvalue weighted by Gasteiger charge is 2.18. The van der Waals surface area contributed by atoms with Crippen LogP contribution >= 0.6 is 0 Å². The Labute approximate surface area is 50.1 Å². The van der Waals surface area contributed by atoms with Gasteiger partial charge in [-0.2, -0.15) is 5.26 Å². The van der Waals surface area contributed by atoms with Gasteiger partial charge in [0.25, 0.3) is 0 Å². The summed E-state index contributed by atoms with van der Waals surface area (Å²) in [5.74, 6) is 0. The Morgan fingerprint density at radius 2 is 2.25 bits per heavy atom. The maximum absolute atomic E-state index is 8.41. The minimum atomic E-state index is -0.569. The summed E-state index contributed by atoms with van der Waals surface area (Å²) in [5.41, 5.74) is -0.569. The second-order valence-corrected chi connectivity index (χ2v) is 1.90. The first-order valence-electron chi connectivity index (χ1n) is 2.65. The molecule has 0 spiro atoms. The third kappa shape index (κ3) is 1.51. The number of hydrogen-bond donors (Lipinski definition) is 0. The molecule has 0 heterocycles. The Balaban J connectivity index is 3.83. The van der Waals surface area contributed by atoms with Crippen molar-refractivity contribution in [1.82, 2.24) is 0 Å². The van der Waals surface area contributed by atoms with E-state index in [0.717, 1.165) is 6.42 Å². The van der Waals surface area contributed by atoms with Crippen molar-refractivity contribution in [2.75, 3.05) is 7.11 Å². The first-order chi connectivity index (χ1) is 3.68. The fourth-order valence-electron chi connectivity index (χ4n) is 0.269. The predicted octanol–water partition coefficient (Wildman–Crippen LogP) is 1.33. The molecule has 0 aromatic heterocycles. The van der Waals surface area contributed by atoms with Crippen molar-refractivity contribution in [1.29, 1.82) is 5.26 Å². The van der Waals surface area contributed by atoms with Crippen molar-refractivity contribution in [3.05, 3.63) is 0 Å². The number of rotatable bonds is 2. The summed E-state index contributed by atoms with van der Waals surface area (Å²) >= 11 is 0. The molecule has 0 aromatic carbocycles. The lowest BCUT2D eigenvalue weighted by molar-refractivity contribution is 0.0524. The Morgan fingerprint density at radius 1 is 1.75 bits per heavy atom. The lowest BCUT2D eigenvalue weighted by atomic mass is 10.1. The third-order valence-electron chi connectivity index (χ3n) is 1.36. The molecule has 0 saturated heterocycles. The maximum Gasteiger partial charge on any atom is 0.150 e. The van der Waals surface area contributed by atoms with Gasteiger partial charge in [-0.05, 0) is 13.3 Å². The average Bonchev–Trinajstić information content (AvgIpc) is 1.87. The van der Waals surface area contributed by atoms with E-state index in [4.69, 9.17) is 10.00 Å². The summed E-state index contributed by atoms with van der Waals surface area (Å²) in [6.45, 7) is 3.69. The molecule has 0 aromatic rings. The normalized spacial score (nSPS) is 16.8. The number of methoxy groups -OCH3 is 1. The first-order valence-corrected chi connectivity index (χ1v) is 2.65. The molecule has 0 aliphatic rings. The molecule has 46 valence electrons. The van der Waals surface area contributed by atoms with E-state index in [1.54, 1.807) is 14.0 Å². The standard InChI is InChI=1S/C6H11NO/c1-4-6(2,5-7)8-3/h4H2,1-3H3/t6-/m0/s1. The van der Waals surface area contributed by atoms with Gasteiger partial charge in [-0.25, -0.2) is 0 Å². The lowest BCUT2D eigenvalue weighted by Gasteiger charge is -2.15. The topological polar surface area (TPSA) is 33.0 Å². The van der Waals surface area contributed by atoms with Crippen molar-refractivity contribution in [3.63, 3.8) is 0 Å². The second-order valence-electron chi connectivity index (χ2n) is 1.90. The van der Waals surface area contributed by atoms with E-state index in [1.165, 1.54) is 0 Å². The van der Waals surface area contributed by atoms with Gasteiger partial charge in [0.1, 0.15) is 0 Å². The zero-order valence-electron chi connectivity index (χ0n) is 5.56. The van der Waals surface area contributed by atoms with E-state index in [0.29, 0.717) is 0 Å². The van der Waals surface area contributed by atoms with Crippen LogP contribution in [0.1, 0.15) is 20.3 Å². The van der Waals surface area contributed by atoms with Gasteiger partial charge in [0.05, 0.1) is 6.07 Å². The maximum atomic E-state index is 8.41. The zero-order valence-corrected chi connectivity index (χ0v) is 5.56. The molecular weight excluding hydrogens is 102 g/mol. The van der Waals surface area contributed by atoms with Crippen molar-refractivity contribution in [3.8, 4) is 6.07 Å². The number of hydrogen-bond acceptors (Lipinski definition) is 2. The minimum absolute atomic E-state index is 0.569. The highest BCUT2D eigenvalue weighted by atomic mass is 16.5. The molecule has 0 N–H and O–H groups in total. The molecule has 0 aliphatic heterocycles. The summed E-state index contributed by atoms with van der Waals surface area (Å²) in [6.07, 6.45) is 0.736. The van der Waals surface area contributed by atoms with E-state index < -0.39 is 5.60 Å². The van der Waals surface area contributed by atoms with Gasteiger partial charge in [0, 0.05) is 7.11 Å². The van der Waals surface area contributed by atoms with Gasteiger partial charge in [-0.15, -0.1) is 0 Å². The molecule has 0 aliphatic carbocycles. The van der Waals surface area contributed by atoms with Crippen LogP contribution in [0.2, 0.25) is 0 Å². The van der Waals surface area contributed by atoms with E-state index >= 15 is 0 Å². The highest BCUT2D eigenvalue weighted by Crippen LogP contribution is 2.10. The molecule has 0 fully saturated rings. The molecule has 0 unspecified atom stereocenters. The van der Waals surface area contributed by atoms with Gasteiger partial charge < -0.3 is 4.74 Å². The average molecular weight is 113 g/mol. The highest BCUT2D eigenvalue weighted by molar-refractivity contribution is 4.96. The van der Waals surface area contributed by atoms with Crippen LogP contribution < -0.4 is 0 Å². The minimum Gasteiger partial charge on any atom is -0.364 e. The summed E-state index contributed by atoms with van der Waals surface area (Å²) in [6, 6.07) is 2.06. The van der Waals surface area contributed by atoms with Crippen molar-refractivity contribution in [2.24, 2.45) is 0 Å². The van der Waals surface area contributed by atoms with E-state index in [-0.39, 0.29) is 0 Å². The fraction of sp³-hybridized carbons (Fsp3) is 0.833. The van der Waals surface area contributed by atoms with Crippen molar-refractivity contribution < 1.29 is 4.74 Å². The molecule has 0 bridgehead atoms. The molecular formula is C6H11NO. The van der Waals surface area contributed by atoms with Crippen LogP contribution in [0.5, 0.6) is 0 Å². The number of ether oxygens (including phenoxy) is 1. The number of nitriles is 1. The number of nitrogens with zero attached hydrogens (tertiary/aromatic N) is 1. The molecule has 1 atom stereocenters. The summed E-state index contributed by atoms with van der Waals surface area (Å²) in [7, 11) is 1.55.